The largest absolute Gasteiger partial charge is 0.383 e. The Bertz CT molecular complexity index is 434. The Labute approximate surface area is 98.7 Å². The predicted octanol–water partition coefficient (Wildman–Crippen LogP) is 1.48. The minimum absolute atomic E-state index is 0.0249. The van der Waals surface area contributed by atoms with Crippen LogP contribution >= 0.6 is 11.6 Å². The van der Waals surface area contributed by atoms with Gasteiger partial charge in [-0.2, -0.15) is 0 Å². The van der Waals surface area contributed by atoms with Crippen LogP contribution in [0.15, 0.2) is 12.1 Å². The van der Waals surface area contributed by atoms with E-state index in [1.165, 1.54) is 0 Å². The molecule has 0 aromatic heterocycles. The van der Waals surface area contributed by atoms with Crippen molar-refractivity contribution in [2.24, 2.45) is 5.73 Å². The van der Waals surface area contributed by atoms with Crippen LogP contribution in [0.25, 0.3) is 0 Å². The molecule has 0 fully saturated rings. The van der Waals surface area contributed by atoms with Gasteiger partial charge in [-0.3, -0.25) is 4.79 Å². The second-order valence-electron chi connectivity index (χ2n) is 3.82. The van der Waals surface area contributed by atoms with Crippen molar-refractivity contribution in [1.29, 1.82) is 0 Å². The summed E-state index contributed by atoms with van der Waals surface area (Å²) in [6.07, 6.45) is 0.364. The molecule has 0 saturated heterocycles. The van der Waals surface area contributed by atoms with E-state index >= 15 is 0 Å². The van der Waals surface area contributed by atoms with E-state index in [-0.39, 0.29) is 11.9 Å². The first-order chi connectivity index (χ1) is 7.61. The number of anilines is 1. The van der Waals surface area contributed by atoms with Gasteiger partial charge in [-0.25, -0.2) is 0 Å². The third-order valence-electron chi connectivity index (χ3n) is 2.58. The highest BCUT2D eigenvalue weighted by molar-refractivity contribution is 6.31. The van der Waals surface area contributed by atoms with Gasteiger partial charge < -0.3 is 15.8 Å². The molecule has 1 amide bonds. The van der Waals surface area contributed by atoms with Crippen LogP contribution in [0.5, 0.6) is 0 Å². The zero-order valence-electron chi connectivity index (χ0n) is 8.92. The summed E-state index contributed by atoms with van der Waals surface area (Å²) in [5, 5.41) is 3.39. The molecule has 1 atom stereocenters. The van der Waals surface area contributed by atoms with Gasteiger partial charge in [0, 0.05) is 17.8 Å². The number of amides is 1. The molecule has 0 aliphatic carbocycles. The lowest BCUT2D eigenvalue weighted by Gasteiger charge is -2.15. The van der Waals surface area contributed by atoms with E-state index in [4.69, 9.17) is 22.1 Å². The lowest BCUT2D eigenvalue weighted by atomic mass is 10.0. The van der Waals surface area contributed by atoms with Gasteiger partial charge in [0.15, 0.2) is 0 Å². The normalized spacial score (nSPS) is 15.8. The molecule has 86 valence electrons. The molecule has 2 rings (SSSR count). The van der Waals surface area contributed by atoms with Crippen LogP contribution in [0.1, 0.15) is 17.2 Å². The summed E-state index contributed by atoms with van der Waals surface area (Å²) in [7, 11) is 1.59. The number of methoxy groups -OCH3 is 1. The quantitative estimate of drug-likeness (QED) is 0.841. The Kier molecular flexibility index (Phi) is 3.14. The van der Waals surface area contributed by atoms with E-state index in [2.05, 4.69) is 5.32 Å². The highest BCUT2D eigenvalue weighted by atomic mass is 35.5. The first-order valence-electron chi connectivity index (χ1n) is 4.98. The van der Waals surface area contributed by atoms with Crippen molar-refractivity contribution in [2.45, 2.75) is 12.5 Å². The molecular weight excluding hydrogens is 228 g/mol. The van der Waals surface area contributed by atoms with E-state index < -0.39 is 0 Å². The van der Waals surface area contributed by atoms with Crippen molar-refractivity contribution < 1.29 is 9.53 Å². The van der Waals surface area contributed by atoms with E-state index in [0.29, 0.717) is 18.1 Å². The molecule has 1 unspecified atom stereocenters. The molecule has 0 saturated carbocycles. The number of nitrogens with two attached hydrogens (primary N) is 1. The van der Waals surface area contributed by atoms with Crippen molar-refractivity contribution in [3.63, 3.8) is 0 Å². The molecule has 0 bridgehead atoms. The number of hydrogen-bond acceptors (Lipinski definition) is 3. The average Bonchev–Trinajstić information content (AvgIpc) is 2.57. The summed E-state index contributed by atoms with van der Waals surface area (Å²) < 4.78 is 5.00. The molecule has 1 heterocycles. The smallest absolute Gasteiger partial charge is 0.228 e. The van der Waals surface area contributed by atoms with E-state index in [1.54, 1.807) is 19.2 Å². The fourth-order valence-electron chi connectivity index (χ4n) is 1.90. The number of rotatable bonds is 3. The number of carbonyl (C=O) groups is 1. The average molecular weight is 241 g/mol. The Hall–Kier alpha value is -1.10. The SMILES string of the molecule is COCC(N)c1cc(Cl)cc2c1NC(=O)C2. The van der Waals surface area contributed by atoms with Gasteiger partial charge in [-0.15, -0.1) is 0 Å². The van der Waals surface area contributed by atoms with Gasteiger partial charge >= 0.3 is 0 Å². The molecule has 4 nitrogen and oxygen atoms in total. The maximum atomic E-state index is 11.3. The third kappa shape index (κ3) is 2.04. The van der Waals surface area contributed by atoms with Gasteiger partial charge in [0.25, 0.3) is 0 Å². The van der Waals surface area contributed by atoms with E-state index in [1.807, 2.05) is 0 Å². The van der Waals surface area contributed by atoms with Crippen molar-refractivity contribution in [1.82, 2.24) is 0 Å². The summed E-state index contributed by atoms with van der Waals surface area (Å²) in [5.74, 6) is -0.0249. The molecule has 3 N–H and O–H groups in total. The first kappa shape index (κ1) is 11.4. The first-order valence-corrected chi connectivity index (χ1v) is 5.36. The maximum absolute atomic E-state index is 11.3. The van der Waals surface area contributed by atoms with Crippen molar-refractivity contribution in [3.8, 4) is 0 Å². The van der Waals surface area contributed by atoms with Crippen molar-refractivity contribution in [3.05, 3.63) is 28.3 Å². The molecule has 16 heavy (non-hydrogen) atoms. The second-order valence-corrected chi connectivity index (χ2v) is 4.25. The van der Waals surface area contributed by atoms with Gasteiger partial charge in [0.05, 0.1) is 19.1 Å². The molecule has 5 heteroatoms. The fraction of sp³-hybridized carbons (Fsp3) is 0.364. The summed E-state index contributed by atoms with van der Waals surface area (Å²) in [6, 6.07) is 3.28. The third-order valence-corrected chi connectivity index (χ3v) is 2.79. The van der Waals surface area contributed by atoms with E-state index in [0.717, 1.165) is 16.8 Å². The fourth-order valence-corrected chi connectivity index (χ4v) is 2.15. The topological polar surface area (TPSA) is 64.3 Å². The second kappa shape index (κ2) is 4.41. The molecule has 1 aliphatic heterocycles. The van der Waals surface area contributed by atoms with Gasteiger partial charge in [0.1, 0.15) is 0 Å². The van der Waals surface area contributed by atoms with Crippen LogP contribution in [0.2, 0.25) is 5.02 Å². The number of benzene rings is 1. The highest BCUT2D eigenvalue weighted by Gasteiger charge is 2.23. The van der Waals surface area contributed by atoms with Gasteiger partial charge in [0.2, 0.25) is 5.91 Å². The number of carbonyl (C=O) groups excluding carboxylic acids is 1. The highest BCUT2D eigenvalue weighted by Crippen LogP contribution is 2.33. The number of nitrogens with one attached hydrogen (secondary N) is 1. The standard InChI is InChI=1S/C11H13ClN2O2/c1-16-5-9(13)8-4-7(12)2-6-3-10(15)14-11(6)8/h2,4,9H,3,5,13H2,1H3,(H,14,15). The number of hydrogen-bond donors (Lipinski definition) is 2. The maximum Gasteiger partial charge on any atom is 0.228 e. The van der Waals surface area contributed by atoms with Crippen LogP contribution in [0.4, 0.5) is 5.69 Å². The molecule has 1 aromatic rings. The number of fused-ring (bicyclic) bond motifs is 1. The molecule has 0 radical (unpaired) electrons. The van der Waals surface area contributed by atoms with Crippen molar-refractivity contribution in [2.75, 3.05) is 19.0 Å². The van der Waals surface area contributed by atoms with Crippen molar-refractivity contribution >= 4 is 23.2 Å². The number of halogens is 1. The van der Waals surface area contributed by atoms with Crippen LogP contribution < -0.4 is 11.1 Å². The molecule has 1 aliphatic rings. The lowest BCUT2D eigenvalue weighted by Crippen LogP contribution is -2.18. The molecule has 0 spiro atoms. The summed E-state index contributed by atoms with van der Waals surface area (Å²) in [4.78, 5) is 11.3. The summed E-state index contributed by atoms with van der Waals surface area (Å²) >= 11 is 5.99. The Morgan fingerprint density at radius 1 is 1.62 bits per heavy atom. The summed E-state index contributed by atoms with van der Waals surface area (Å²) in [5.41, 5.74) is 8.48. The minimum Gasteiger partial charge on any atom is -0.383 e. The van der Waals surface area contributed by atoms with Gasteiger partial charge in [-0.1, -0.05) is 11.6 Å². The molecule has 1 aromatic carbocycles. The summed E-state index contributed by atoms with van der Waals surface area (Å²) in [6.45, 7) is 0.392. The van der Waals surface area contributed by atoms with Crippen LogP contribution in [-0.2, 0) is 16.0 Å². The Morgan fingerprint density at radius 3 is 3.06 bits per heavy atom. The van der Waals surface area contributed by atoms with Crippen LogP contribution in [0, 0.1) is 0 Å². The Morgan fingerprint density at radius 2 is 2.38 bits per heavy atom. The lowest BCUT2D eigenvalue weighted by molar-refractivity contribution is -0.115. The van der Waals surface area contributed by atoms with Crippen LogP contribution in [-0.4, -0.2) is 19.6 Å². The zero-order chi connectivity index (χ0) is 11.7. The number of ether oxygens (including phenoxy) is 1. The monoisotopic (exact) mass is 240 g/mol. The van der Waals surface area contributed by atoms with Crippen LogP contribution in [0.3, 0.4) is 0 Å². The zero-order valence-corrected chi connectivity index (χ0v) is 9.67. The Balaban J connectivity index is 2.42. The minimum atomic E-state index is -0.282. The predicted molar refractivity (Wildman–Crippen MR) is 62.6 cm³/mol. The van der Waals surface area contributed by atoms with E-state index in [9.17, 15) is 4.79 Å². The molecular formula is C11H13ClN2O2. The van der Waals surface area contributed by atoms with Gasteiger partial charge in [-0.05, 0) is 23.3 Å².